The molecule has 0 saturated heterocycles. The Hall–Kier alpha value is -0.710. The van der Waals surface area contributed by atoms with Crippen LogP contribution in [0.1, 0.15) is 49.9 Å². The third-order valence-electron chi connectivity index (χ3n) is 4.13. The molecule has 6 heteroatoms. The lowest BCUT2D eigenvalue weighted by atomic mass is 10.1. The Morgan fingerprint density at radius 2 is 1.95 bits per heavy atom. The van der Waals surface area contributed by atoms with Crippen molar-refractivity contribution in [2.45, 2.75) is 56.0 Å². The van der Waals surface area contributed by atoms with Crippen LogP contribution in [0.2, 0.25) is 10.0 Å². The third-order valence-corrected chi connectivity index (χ3v) is 5.91. The number of hydrogen-bond donors (Lipinski definition) is 0. The predicted molar refractivity (Wildman–Crippen MR) is 92.9 cm³/mol. The van der Waals surface area contributed by atoms with Gasteiger partial charge in [0.25, 0.3) is 0 Å². The van der Waals surface area contributed by atoms with E-state index in [-0.39, 0.29) is 0 Å². The summed E-state index contributed by atoms with van der Waals surface area (Å²) in [4.78, 5) is 0. The van der Waals surface area contributed by atoms with E-state index in [1.54, 1.807) is 11.8 Å². The molecule has 0 atom stereocenters. The summed E-state index contributed by atoms with van der Waals surface area (Å²) >= 11 is 13.7. The molecular formula is C16H19Cl2N3S. The van der Waals surface area contributed by atoms with Crippen molar-refractivity contribution in [3.8, 4) is 0 Å². The van der Waals surface area contributed by atoms with Crippen LogP contribution in [0.4, 0.5) is 0 Å². The first-order valence-electron chi connectivity index (χ1n) is 7.69. The molecule has 1 aliphatic rings. The van der Waals surface area contributed by atoms with Crippen LogP contribution in [0.5, 0.6) is 0 Å². The first-order chi connectivity index (χ1) is 10.7. The largest absolute Gasteiger partial charge is 0.306 e. The van der Waals surface area contributed by atoms with Crippen molar-refractivity contribution >= 4 is 35.0 Å². The van der Waals surface area contributed by atoms with Crippen molar-refractivity contribution in [2.24, 2.45) is 0 Å². The van der Waals surface area contributed by atoms with Gasteiger partial charge in [0.05, 0.1) is 10.0 Å². The summed E-state index contributed by atoms with van der Waals surface area (Å²) in [7, 11) is 0. The van der Waals surface area contributed by atoms with Crippen LogP contribution in [-0.2, 0) is 12.3 Å². The molecule has 2 aromatic rings. The molecule has 0 unspecified atom stereocenters. The highest BCUT2D eigenvalue weighted by Gasteiger charge is 2.24. The minimum atomic E-state index is 0.590. The average Bonchev–Trinajstić information content (AvgIpc) is 3.16. The van der Waals surface area contributed by atoms with E-state index >= 15 is 0 Å². The minimum Gasteiger partial charge on any atom is -0.306 e. The van der Waals surface area contributed by atoms with E-state index in [1.165, 1.54) is 25.7 Å². The van der Waals surface area contributed by atoms with Gasteiger partial charge in [0.2, 0.25) is 0 Å². The van der Waals surface area contributed by atoms with Crippen molar-refractivity contribution in [1.29, 1.82) is 0 Å². The van der Waals surface area contributed by atoms with Crippen LogP contribution in [0.3, 0.4) is 0 Å². The molecule has 0 aliphatic heterocycles. The molecule has 0 bridgehead atoms. The van der Waals surface area contributed by atoms with Gasteiger partial charge >= 0.3 is 0 Å². The molecule has 1 saturated carbocycles. The molecule has 0 spiro atoms. The Morgan fingerprint density at radius 3 is 2.64 bits per heavy atom. The van der Waals surface area contributed by atoms with Crippen LogP contribution in [0.25, 0.3) is 0 Å². The fourth-order valence-corrected chi connectivity index (χ4v) is 4.24. The molecule has 1 heterocycles. The number of aromatic nitrogens is 3. The van der Waals surface area contributed by atoms with Crippen molar-refractivity contribution in [3.05, 3.63) is 39.6 Å². The summed E-state index contributed by atoms with van der Waals surface area (Å²) in [6, 6.07) is 5.77. The average molecular weight is 356 g/mol. The van der Waals surface area contributed by atoms with Gasteiger partial charge in [-0.3, -0.25) is 0 Å². The van der Waals surface area contributed by atoms with Gasteiger partial charge in [-0.25, -0.2) is 0 Å². The number of hydrogen-bond acceptors (Lipinski definition) is 3. The maximum Gasteiger partial charge on any atom is 0.191 e. The first kappa shape index (κ1) is 16.2. The number of nitrogens with zero attached hydrogens (tertiary/aromatic N) is 3. The smallest absolute Gasteiger partial charge is 0.191 e. The monoisotopic (exact) mass is 355 g/mol. The molecule has 3 nitrogen and oxygen atoms in total. The van der Waals surface area contributed by atoms with Crippen molar-refractivity contribution < 1.29 is 0 Å². The molecule has 0 radical (unpaired) electrons. The van der Waals surface area contributed by atoms with E-state index < -0.39 is 0 Å². The SMILES string of the molecule is CCn1c(SCc2ccc(Cl)c(Cl)c2)nnc1C1CCCC1. The normalized spacial score (nSPS) is 15.6. The van der Waals surface area contributed by atoms with Gasteiger partial charge in [-0.2, -0.15) is 0 Å². The lowest BCUT2D eigenvalue weighted by Crippen LogP contribution is -2.06. The van der Waals surface area contributed by atoms with Crippen molar-refractivity contribution in [3.63, 3.8) is 0 Å². The Labute approximate surface area is 145 Å². The highest BCUT2D eigenvalue weighted by atomic mass is 35.5. The lowest BCUT2D eigenvalue weighted by molar-refractivity contribution is 0.576. The van der Waals surface area contributed by atoms with Crippen LogP contribution in [0.15, 0.2) is 23.4 Å². The van der Waals surface area contributed by atoms with Gasteiger partial charge in [-0.15, -0.1) is 10.2 Å². The van der Waals surface area contributed by atoms with E-state index in [1.807, 2.05) is 18.2 Å². The quantitative estimate of drug-likeness (QED) is 0.658. The van der Waals surface area contributed by atoms with E-state index in [0.29, 0.717) is 16.0 Å². The van der Waals surface area contributed by atoms with Gasteiger partial charge in [0.1, 0.15) is 5.82 Å². The summed E-state index contributed by atoms with van der Waals surface area (Å²) in [6.07, 6.45) is 5.12. The fourth-order valence-electron chi connectivity index (χ4n) is 2.97. The van der Waals surface area contributed by atoms with Gasteiger partial charge in [-0.1, -0.05) is 53.9 Å². The van der Waals surface area contributed by atoms with Crippen LogP contribution < -0.4 is 0 Å². The predicted octanol–water partition coefficient (Wildman–Crippen LogP) is 5.55. The molecule has 1 fully saturated rings. The summed E-state index contributed by atoms with van der Waals surface area (Å²) in [5.74, 6) is 2.57. The highest BCUT2D eigenvalue weighted by Crippen LogP contribution is 2.35. The van der Waals surface area contributed by atoms with Crippen molar-refractivity contribution in [1.82, 2.24) is 14.8 Å². The second-order valence-electron chi connectivity index (χ2n) is 5.60. The molecule has 1 aromatic heterocycles. The number of halogens is 2. The van der Waals surface area contributed by atoms with E-state index in [0.717, 1.165) is 28.8 Å². The summed E-state index contributed by atoms with van der Waals surface area (Å²) in [6.45, 7) is 3.08. The Bertz CT molecular complexity index is 651. The zero-order valence-corrected chi connectivity index (χ0v) is 14.9. The van der Waals surface area contributed by atoms with Gasteiger partial charge < -0.3 is 4.57 Å². The Balaban J connectivity index is 1.73. The fraction of sp³-hybridized carbons (Fsp3) is 0.500. The molecule has 0 amide bonds. The Kier molecular flexibility index (Phi) is 5.32. The molecule has 1 aliphatic carbocycles. The van der Waals surface area contributed by atoms with Crippen LogP contribution >= 0.6 is 35.0 Å². The second kappa shape index (κ2) is 7.24. The molecule has 22 heavy (non-hydrogen) atoms. The maximum absolute atomic E-state index is 6.07. The molecular weight excluding hydrogens is 337 g/mol. The lowest BCUT2D eigenvalue weighted by Gasteiger charge is -2.11. The highest BCUT2D eigenvalue weighted by molar-refractivity contribution is 7.98. The number of benzene rings is 1. The molecule has 0 N–H and O–H groups in total. The minimum absolute atomic E-state index is 0.590. The van der Waals surface area contributed by atoms with Gasteiger partial charge in [0.15, 0.2) is 5.16 Å². The van der Waals surface area contributed by atoms with E-state index in [2.05, 4.69) is 21.7 Å². The number of rotatable bonds is 5. The topological polar surface area (TPSA) is 30.7 Å². The molecule has 118 valence electrons. The van der Waals surface area contributed by atoms with Crippen molar-refractivity contribution in [2.75, 3.05) is 0 Å². The zero-order chi connectivity index (χ0) is 15.5. The standard InChI is InChI=1S/C16H19Cl2N3S/c1-2-21-15(12-5-3-4-6-12)19-20-16(21)22-10-11-7-8-13(17)14(18)9-11/h7-9,12H,2-6,10H2,1H3. The van der Waals surface area contributed by atoms with Gasteiger partial charge in [0, 0.05) is 18.2 Å². The van der Waals surface area contributed by atoms with E-state index in [4.69, 9.17) is 23.2 Å². The third kappa shape index (κ3) is 3.44. The summed E-state index contributed by atoms with van der Waals surface area (Å²) in [5, 5.41) is 11.1. The maximum atomic E-state index is 6.07. The molecule has 1 aromatic carbocycles. The zero-order valence-electron chi connectivity index (χ0n) is 12.6. The second-order valence-corrected chi connectivity index (χ2v) is 7.36. The number of thioether (sulfide) groups is 1. The van der Waals surface area contributed by atoms with Crippen LogP contribution in [0, 0.1) is 0 Å². The first-order valence-corrected chi connectivity index (χ1v) is 9.43. The Morgan fingerprint density at radius 1 is 1.18 bits per heavy atom. The summed E-state index contributed by atoms with van der Waals surface area (Å²) in [5.41, 5.74) is 1.15. The van der Waals surface area contributed by atoms with Crippen LogP contribution in [-0.4, -0.2) is 14.8 Å². The summed E-state index contributed by atoms with van der Waals surface area (Å²) < 4.78 is 2.26. The van der Waals surface area contributed by atoms with E-state index in [9.17, 15) is 0 Å². The van der Waals surface area contributed by atoms with Gasteiger partial charge in [-0.05, 0) is 37.5 Å². The molecule has 3 rings (SSSR count).